The van der Waals surface area contributed by atoms with Gasteiger partial charge in [-0.1, -0.05) is 0 Å². The van der Waals surface area contributed by atoms with E-state index in [0.717, 1.165) is 0 Å². The van der Waals surface area contributed by atoms with Crippen molar-refractivity contribution in [2.75, 3.05) is 6.61 Å². The maximum atomic E-state index is 11.3. The summed E-state index contributed by atoms with van der Waals surface area (Å²) < 4.78 is 13.8. The molecule has 0 amide bonds. The van der Waals surface area contributed by atoms with Gasteiger partial charge >= 0.3 is 11.9 Å². The Morgan fingerprint density at radius 2 is 1.88 bits per heavy atom. The minimum Gasteiger partial charge on any atom is -0.462 e. The number of nitrogens with zero attached hydrogens (tertiary/aromatic N) is 5. The highest BCUT2D eigenvalue weighted by Crippen LogP contribution is 2.18. The molecule has 3 aromatic rings. The third-order valence-corrected chi connectivity index (χ3v) is 3.44. The van der Waals surface area contributed by atoms with Crippen LogP contribution in [-0.4, -0.2) is 48.7 Å². The number of aromatic nitrogens is 5. The van der Waals surface area contributed by atoms with Gasteiger partial charge in [0.15, 0.2) is 17.6 Å². The topological polar surface area (TPSA) is 101 Å². The first-order valence-corrected chi connectivity index (χ1v) is 7.64. The Kier molecular flexibility index (Phi) is 4.73. The molecule has 1 unspecified atom stereocenters. The number of fused-ring (bicyclic) bond motifs is 1. The smallest absolute Gasteiger partial charge is 0.303 e. The van der Waals surface area contributed by atoms with Gasteiger partial charge in [-0.2, -0.15) is 0 Å². The van der Waals surface area contributed by atoms with E-state index in [1.165, 1.54) is 20.2 Å². The third-order valence-electron chi connectivity index (χ3n) is 3.44. The molecule has 0 N–H and O–H groups in total. The molecule has 0 aliphatic heterocycles. The monoisotopic (exact) mass is 343 g/mol. The van der Waals surface area contributed by atoms with Gasteiger partial charge in [0.2, 0.25) is 0 Å². The summed E-state index contributed by atoms with van der Waals surface area (Å²) in [6.45, 7) is 2.82. The van der Waals surface area contributed by atoms with Crippen molar-refractivity contribution in [1.82, 2.24) is 24.1 Å². The van der Waals surface area contributed by atoms with Crippen LogP contribution in [0.15, 0.2) is 37.2 Å². The number of carbonyl (C=O) groups excluding carboxylic acids is 2. The van der Waals surface area contributed by atoms with E-state index in [0.29, 0.717) is 17.0 Å². The highest BCUT2D eigenvalue weighted by atomic mass is 16.6. The average molecular weight is 343 g/mol. The Morgan fingerprint density at radius 1 is 1.12 bits per heavy atom. The van der Waals surface area contributed by atoms with Gasteiger partial charge in [0.1, 0.15) is 18.5 Å². The van der Waals surface area contributed by atoms with Gasteiger partial charge in [0.25, 0.3) is 0 Å². The van der Waals surface area contributed by atoms with Gasteiger partial charge < -0.3 is 18.6 Å². The molecule has 0 saturated carbocycles. The molecule has 0 radical (unpaired) electrons. The van der Waals surface area contributed by atoms with Crippen LogP contribution < -0.4 is 0 Å². The summed E-state index contributed by atoms with van der Waals surface area (Å²) in [4.78, 5) is 35.1. The molecule has 0 spiro atoms. The quantitative estimate of drug-likeness (QED) is 0.618. The number of hydrogen-bond acceptors (Lipinski definition) is 7. The molecule has 0 aliphatic rings. The van der Waals surface area contributed by atoms with Crippen LogP contribution in [0.25, 0.3) is 17.0 Å². The molecular formula is C16H17N5O4. The van der Waals surface area contributed by atoms with Crippen molar-refractivity contribution in [3.8, 4) is 5.82 Å². The molecule has 3 rings (SSSR count). The summed E-state index contributed by atoms with van der Waals surface area (Å²) in [5.41, 5.74) is 1.21. The molecule has 25 heavy (non-hydrogen) atoms. The van der Waals surface area contributed by atoms with E-state index >= 15 is 0 Å². The fourth-order valence-corrected chi connectivity index (χ4v) is 2.49. The van der Waals surface area contributed by atoms with Gasteiger partial charge in [-0.05, 0) is 12.1 Å². The van der Waals surface area contributed by atoms with Crippen molar-refractivity contribution in [3.63, 3.8) is 0 Å². The maximum Gasteiger partial charge on any atom is 0.303 e. The van der Waals surface area contributed by atoms with Crippen molar-refractivity contribution in [3.05, 3.63) is 37.2 Å². The third kappa shape index (κ3) is 3.82. The van der Waals surface area contributed by atoms with E-state index in [1.54, 1.807) is 10.9 Å². The second-order valence-corrected chi connectivity index (χ2v) is 5.39. The molecule has 3 aromatic heterocycles. The average Bonchev–Trinajstić information content (AvgIpc) is 3.22. The van der Waals surface area contributed by atoms with Crippen molar-refractivity contribution in [2.45, 2.75) is 26.5 Å². The Hall–Kier alpha value is -3.23. The van der Waals surface area contributed by atoms with E-state index in [4.69, 9.17) is 9.47 Å². The second-order valence-electron chi connectivity index (χ2n) is 5.39. The van der Waals surface area contributed by atoms with Crippen molar-refractivity contribution >= 4 is 23.1 Å². The van der Waals surface area contributed by atoms with Crippen LogP contribution in [0.3, 0.4) is 0 Å². The predicted octanol–water partition coefficient (Wildman–Crippen LogP) is 1.11. The van der Waals surface area contributed by atoms with Crippen molar-refractivity contribution in [1.29, 1.82) is 0 Å². The molecule has 9 heteroatoms. The van der Waals surface area contributed by atoms with Crippen LogP contribution in [0.5, 0.6) is 0 Å². The summed E-state index contributed by atoms with van der Waals surface area (Å²) in [6, 6.07) is 3.77. The number of imidazole rings is 1. The number of esters is 2. The summed E-state index contributed by atoms with van der Waals surface area (Å²) in [5.74, 6) is -0.242. The van der Waals surface area contributed by atoms with E-state index < -0.39 is 18.0 Å². The van der Waals surface area contributed by atoms with E-state index in [1.807, 2.05) is 29.1 Å². The lowest BCUT2D eigenvalue weighted by Crippen LogP contribution is -2.28. The van der Waals surface area contributed by atoms with E-state index in [2.05, 4.69) is 15.0 Å². The fraction of sp³-hybridized carbons (Fsp3) is 0.312. The van der Waals surface area contributed by atoms with Crippen LogP contribution in [-0.2, 0) is 25.6 Å². The summed E-state index contributed by atoms with van der Waals surface area (Å²) in [5, 5.41) is 0. The molecule has 130 valence electrons. The van der Waals surface area contributed by atoms with E-state index in [-0.39, 0.29) is 13.2 Å². The molecule has 0 fully saturated rings. The molecule has 1 atom stereocenters. The first-order valence-electron chi connectivity index (χ1n) is 7.64. The minimum absolute atomic E-state index is 0.0405. The number of rotatable bonds is 6. The van der Waals surface area contributed by atoms with E-state index in [9.17, 15) is 9.59 Å². The lowest BCUT2D eigenvalue weighted by atomic mass is 10.3. The molecular weight excluding hydrogens is 326 g/mol. The van der Waals surface area contributed by atoms with Crippen LogP contribution in [0, 0.1) is 0 Å². The molecule has 0 saturated heterocycles. The fourth-order valence-electron chi connectivity index (χ4n) is 2.49. The number of carbonyl (C=O) groups is 2. The Balaban J connectivity index is 1.94. The zero-order valence-corrected chi connectivity index (χ0v) is 13.8. The highest BCUT2D eigenvalue weighted by Gasteiger charge is 2.19. The zero-order chi connectivity index (χ0) is 17.8. The Labute approximate surface area is 143 Å². The molecule has 9 nitrogen and oxygen atoms in total. The summed E-state index contributed by atoms with van der Waals surface area (Å²) in [7, 11) is 0. The normalized spacial score (nSPS) is 12.1. The van der Waals surface area contributed by atoms with Crippen LogP contribution in [0.4, 0.5) is 0 Å². The molecule has 0 bridgehead atoms. The minimum atomic E-state index is -0.642. The molecule has 0 aromatic carbocycles. The van der Waals surface area contributed by atoms with Crippen molar-refractivity contribution in [2.24, 2.45) is 0 Å². The maximum absolute atomic E-state index is 11.3. The lowest BCUT2D eigenvalue weighted by Gasteiger charge is -2.18. The largest absolute Gasteiger partial charge is 0.462 e. The highest BCUT2D eigenvalue weighted by molar-refractivity contribution is 5.78. The second kappa shape index (κ2) is 7.12. The molecule has 3 heterocycles. The standard InChI is InChI=1S/C16H17N5O4/c1-11(22)24-8-13(25-12(2)23)7-21-10-19-15-14(21)16(18-9-17-15)20-5-3-4-6-20/h3-6,9-10,13H,7-8H2,1-2H3. The number of hydrogen-bond donors (Lipinski definition) is 0. The first-order chi connectivity index (χ1) is 12.0. The Morgan fingerprint density at radius 3 is 2.56 bits per heavy atom. The predicted molar refractivity (Wildman–Crippen MR) is 86.8 cm³/mol. The van der Waals surface area contributed by atoms with Gasteiger partial charge in [-0.15, -0.1) is 0 Å². The zero-order valence-electron chi connectivity index (χ0n) is 13.8. The van der Waals surface area contributed by atoms with Gasteiger partial charge in [0.05, 0.1) is 12.9 Å². The SMILES string of the molecule is CC(=O)OCC(Cn1cnc2ncnc(-n3cccc3)c21)OC(C)=O. The lowest BCUT2D eigenvalue weighted by molar-refractivity contribution is -0.157. The summed E-state index contributed by atoms with van der Waals surface area (Å²) >= 11 is 0. The Bertz CT molecular complexity index is 887. The first kappa shape index (κ1) is 16.6. The van der Waals surface area contributed by atoms with Crippen LogP contribution in [0.2, 0.25) is 0 Å². The van der Waals surface area contributed by atoms with Gasteiger partial charge in [-0.3, -0.25) is 9.59 Å². The molecule has 0 aliphatic carbocycles. The summed E-state index contributed by atoms with van der Waals surface area (Å²) in [6.07, 6.45) is 6.12. The van der Waals surface area contributed by atoms with Crippen molar-refractivity contribution < 1.29 is 19.1 Å². The number of ether oxygens (including phenoxy) is 2. The van der Waals surface area contributed by atoms with Crippen LogP contribution >= 0.6 is 0 Å². The van der Waals surface area contributed by atoms with Gasteiger partial charge in [-0.25, -0.2) is 15.0 Å². The van der Waals surface area contributed by atoms with Crippen LogP contribution in [0.1, 0.15) is 13.8 Å². The van der Waals surface area contributed by atoms with Gasteiger partial charge in [0, 0.05) is 26.2 Å².